The van der Waals surface area contributed by atoms with Gasteiger partial charge in [0.25, 0.3) is 0 Å². The lowest BCUT2D eigenvalue weighted by Crippen LogP contribution is -2.42. The summed E-state index contributed by atoms with van der Waals surface area (Å²) in [7, 11) is 0. The van der Waals surface area contributed by atoms with Crippen LogP contribution >= 0.6 is 0 Å². The normalized spacial score (nSPS) is 18.7. The third kappa shape index (κ3) is 4.58. The molecule has 21 heavy (non-hydrogen) atoms. The summed E-state index contributed by atoms with van der Waals surface area (Å²) in [5.41, 5.74) is 0.428. The number of likely N-dealkylation sites (tertiary alicyclic amines) is 1. The number of hydrogen-bond acceptors (Lipinski definition) is 5. The summed E-state index contributed by atoms with van der Waals surface area (Å²) < 4.78 is 5.45. The van der Waals surface area contributed by atoms with E-state index >= 15 is 0 Å². The van der Waals surface area contributed by atoms with Crippen molar-refractivity contribution < 1.29 is 9.53 Å². The minimum Gasteiger partial charge on any atom is -0.444 e. The van der Waals surface area contributed by atoms with Crippen molar-refractivity contribution in [2.75, 3.05) is 18.4 Å². The van der Waals surface area contributed by atoms with Crippen LogP contribution in [0, 0.1) is 6.92 Å². The Balaban J connectivity index is 1.90. The van der Waals surface area contributed by atoms with Crippen LogP contribution in [0.3, 0.4) is 0 Å². The second kappa shape index (κ2) is 6.28. The van der Waals surface area contributed by atoms with Crippen LogP contribution in [0.1, 0.15) is 39.3 Å². The van der Waals surface area contributed by atoms with E-state index in [0.29, 0.717) is 6.54 Å². The average molecular weight is 292 g/mol. The van der Waals surface area contributed by atoms with Crippen molar-refractivity contribution in [3.05, 3.63) is 17.8 Å². The predicted octanol–water partition coefficient (Wildman–Crippen LogP) is 2.60. The Bertz CT molecular complexity index is 481. The van der Waals surface area contributed by atoms with E-state index in [9.17, 15) is 4.79 Å². The van der Waals surface area contributed by atoms with E-state index in [1.165, 1.54) is 0 Å². The van der Waals surface area contributed by atoms with Gasteiger partial charge in [0.15, 0.2) is 0 Å². The zero-order chi connectivity index (χ0) is 15.5. The number of carbonyl (C=O) groups is 1. The Hall–Kier alpha value is -1.85. The van der Waals surface area contributed by atoms with Gasteiger partial charge >= 0.3 is 6.09 Å². The number of aryl methyl sites for hydroxylation is 1. The smallest absolute Gasteiger partial charge is 0.410 e. The van der Waals surface area contributed by atoms with Crippen molar-refractivity contribution in [1.29, 1.82) is 0 Å². The van der Waals surface area contributed by atoms with Crippen LogP contribution < -0.4 is 5.32 Å². The fourth-order valence-corrected chi connectivity index (χ4v) is 2.32. The fraction of sp³-hybridized carbons (Fsp3) is 0.667. The Morgan fingerprint density at radius 1 is 1.43 bits per heavy atom. The third-order valence-corrected chi connectivity index (χ3v) is 3.32. The molecule has 0 bridgehead atoms. The lowest BCUT2D eigenvalue weighted by atomic mass is 10.2. The molecule has 1 saturated heterocycles. The third-order valence-electron chi connectivity index (χ3n) is 3.32. The molecule has 0 saturated carbocycles. The molecule has 1 aromatic heterocycles. The van der Waals surface area contributed by atoms with Gasteiger partial charge in [0, 0.05) is 13.1 Å². The maximum absolute atomic E-state index is 12.2. The molecule has 0 aliphatic carbocycles. The van der Waals surface area contributed by atoms with Crippen molar-refractivity contribution in [2.24, 2.45) is 0 Å². The molecule has 0 radical (unpaired) electrons. The molecule has 0 aromatic carbocycles. The van der Waals surface area contributed by atoms with Crippen LogP contribution in [0.5, 0.6) is 0 Å². The molecule has 1 aromatic rings. The summed E-state index contributed by atoms with van der Waals surface area (Å²) >= 11 is 0. The molecule has 1 aliphatic heterocycles. The molecule has 6 nitrogen and oxygen atoms in total. The van der Waals surface area contributed by atoms with Gasteiger partial charge in [0.1, 0.15) is 11.4 Å². The molecule has 1 unspecified atom stereocenters. The molecule has 2 heterocycles. The van der Waals surface area contributed by atoms with Gasteiger partial charge in [-0.2, -0.15) is 5.10 Å². The van der Waals surface area contributed by atoms with Gasteiger partial charge in [-0.25, -0.2) is 4.79 Å². The van der Waals surface area contributed by atoms with E-state index < -0.39 is 5.60 Å². The first-order valence-electron chi connectivity index (χ1n) is 7.39. The summed E-state index contributed by atoms with van der Waals surface area (Å²) in [4.78, 5) is 14.0. The number of ether oxygens (including phenoxy) is 1. The SMILES string of the molecule is Cc1ccc(NCC2CCCN2C(=O)OC(C)(C)C)nn1. The van der Waals surface area contributed by atoms with Gasteiger partial charge < -0.3 is 15.0 Å². The van der Waals surface area contributed by atoms with Crippen molar-refractivity contribution in [3.8, 4) is 0 Å². The maximum Gasteiger partial charge on any atom is 0.410 e. The number of nitrogens with zero attached hydrogens (tertiary/aromatic N) is 3. The molecule has 0 spiro atoms. The van der Waals surface area contributed by atoms with Crippen LogP contribution in [-0.4, -0.2) is 45.9 Å². The van der Waals surface area contributed by atoms with E-state index in [4.69, 9.17) is 4.74 Å². The number of aromatic nitrogens is 2. The topological polar surface area (TPSA) is 67.4 Å². The number of carbonyl (C=O) groups excluding carboxylic acids is 1. The summed E-state index contributed by atoms with van der Waals surface area (Å²) in [5.74, 6) is 0.733. The predicted molar refractivity (Wildman–Crippen MR) is 81.2 cm³/mol. The Morgan fingerprint density at radius 3 is 2.81 bits per heavy atom. The number of anilines is 1. The van der Waals surface area contributed by atoms with Gasteiger partial charge in [0.2, 0.25) is 0 Å². The second-order valence-corrected chi connectivity index (χ2v) is 6.41. The molecule has 6 heteroatoms. The standard InChI is InChI=1S/C15H24N4O2/c1-11-7-8-13(18-17-11)16-10-12-6-5-9-19(12)14(20)21-15(2,3)4/h7-8,12H,5-6,9-10H2,1-4H3,(H,16,18). The molecule has 1 N–H and O–H groups in total. The fourth-order valence-electron chi connectivity index (χ4n) is 2.32. The zero-order valence-corrected chi connectivity index (χ0v) is 13.2. The van der Waals surface area contributed by atoms with E-state index in [-0.39, 0.29) is 12.1 Å². The van der Waals surface area contributed by atoms with Crippen LogP contribution in [-0.2, 0) is 4.74 Å². The molecular formula is C15H24N4O2. The summed E-state index contributed by atoms with van der Waals surface area (Å²) in [5, 5.41) is 11.3. The number of hydrogen-bond donors (Lipinski definition) is 1. The van der Waals surface area contributed by atoms with E-state index in [1.54, 1.807) is 4.90 Å². The largest absolute Gasteiger partial charge is 0.444 e. The highest BCUT2D eigenvalue weighted by molar-refractivity contribution is 5.69. The highest BCUT2D eigenvalue weighted by Gasteiger charge is 2.31. The lowest BCUT2D eigenvalue weighted by Gasteiger charge is -2.28. The van der Waals surface area contributed by atoms with Crippen molar-refractivity contribution in [1.82, 2.24) is 15.1 Å². The molecule has 116 valence electrons. The first-order chi connectivity index (χ1) is 9.85. The van der Waals surface area contributed by atoms with Gasteiger partial charge in [-0.3, -0.25) is 0 Å². The van der Waals surface area contributed by atoms with Crippen LogP contribution in [0.15, 0.2) is 12.1 Å². The highest BCUT2D eigenvalue weighted by atomic mass is 16.6. The van der Waals surface area contributed by atoms with E-state index in [0.717, 1.165) is 30.9 Å². The molecule has 1 fully saturated rings. The zero-order valence-electron chi connectivity index (χ0n) is 13.2. The summed E-state index contributed by atoms with van der Waals surface area (Å²) in [6, 6.07) is 3.95. The minimum absolute atomic E-state index is 0.142. The number of nitrogens with one attached hydrogen (secondary N) is 1. The van der Waals surface area contributed by atoms with Crippen LogP contribution in [0.25, 0.3) is 0 Å². The van der Waals surface area contributed by atoms with Crippen LogP contribution in [0.4, 0.5) is 10.6 Å². The Kier molecular flexibility index (Phi) is 4.65. The second-order valence-electron chi connectivity index (χ2n) is 6.41. The van der Waals surface area contributed by atoms with E-state index in [2.05, 4.69) is 15.5 Å². The summed E-state index contributed by atoms with van der Waals surface area (Å²) in [6.45, 7) is 8.97. The quantitative estimate of drug-likeness (QED) is 0.927. The molecule has 1 aliphatic rings. The Labute approximate surface area is 125 Å². The number of amides is 1. The molecule has 2 rings (SSSR count). The molecular weight excluding hydrogens is 268 g/mol. The summed E-state index contributed by atoms with van der Waals surface area (Å²) in [6.07, 6.45) is 1.75. The first kappa shape index (κ1) is 15.5. The highest BCUT2D eigenvalue weighted by Crippen LogP contribution is 2.21. The average Bonchev–Trinajstić information content (AvgIpc) is 2.84. The van der Waals surface area contributed by atoms with Crippen LogP contribution in [0.2, 0.25) is 0 Å². The van der Waals surface area contributed by atoms with Gasteiger partial charge in [-0.15, -0.1) is 5.10 Å². The minimum atomic E-state index is -0.458. The lowest BCUT2D eigenvalue weighted by molar-refractivity contribution is 0.0235. The van der Waals surface area contributed by atoms with Gasteiger partial charge in [-0.1, -0.05) is 0 Å². The Morgan fingerprint density at radius 2 is 2.19 bits per heavy atom. The van der Waals surface area contributed by atoms with Crippen molar-refractivity contribution >= 4 is 11.9 Å². The maximum atomic E-state index is 12.2. The monoisotopic (exact) mass is 292 g/mol. The molecule has 1 atom stereocenters. The van der Waals surface area contributed by atoms with E-state index in [1.807, 2.05) is 39.8 Å². The number of rotatable bonds is 3. The molecule has 1 amide bonds. The van der Waals surface area contributed by atoms with Crippen molar-refractivity contribution in [3.63, 3.8) is 0 Å². The van der Waals surface area contributed by atoms with Gasteiger partial charge in [0.05, 0.1) is 11.7 Å². The van der Waals surface area contributed by atoms with Gasteiger partial charge in [-0.05, 0) is 52.7 Å². The first-order valence-corrected chi connectivity index (χ1v) is 7.39. The van der Waals surface area contributed by atoms with Crippen molar-refractivity contribution in [2.45, 2.75) is 52.2 Å².